The fraction of sp³-hybridized carbons (Fsp3) is 0.308. The number of aryl methyl sites for hydroxylation is 1. The molecule has 17 heavy (non-hydrogen) atoms. The minimum atomic E-state index is 0.317. The highest BCUT2D eigenvalue weighted by Gasteiger charge is 2.06. The van der Waals surface area contributed by atoms with Gasteiger partial charge in [0.05, 0.1) is 6.20 Å². The molecule has 1 N–H and O–H groups in total. The second-order valence-electron chi connectivity index (χ2n) is 4.07. The van der Waals surface area contributed by atoms with Crippen LogP contribution in [0, 0.1) is 6.92 Å². The maximum absolute atomic E-state index is 5.84. The molecule has 0 aliphatic heterocycles. The molecule has 1 atom stereocenters. The smallest absolute Gasteiger partial charge is 0.113 e. The van der Waals surface area contributed by atoms with Gasteiger partial charge in [-0.1, -0.05) is 41.4 Å². The Hall–Kier alpha value is -0.900. The highest BCUT2D eigenvalue weighted by atomic mass is 35.5. The van der Waals surface area contributed by atoms with E-state index in [0.717, 1.165) is 15.9 Å². The molecule has 0 unspecified atom stereocenters. The first-order valence-electron chi connectivity index (χ1n) is 5.55. The number of nitrogens with zero attached hydrogens (tertiary/aromatic N) is 1. The lowest BCUT2D eigenvalue weighted by Crippen LogP contribution is -2.17. The molecule has 0 spiro atoms. The summed E-state index contributed by atoms with van der Waals surface area (Å²) in [6.07, 6.45) is 1.70. The summed E-state index contributed by atoms with van der Waals surface area (Å²) in [6, 6.07) is 8.85. The van der Waals surface area contributed by atoms with E-state index in [0.29, 0.717) is 6.04 Å². The average Bonchev–Trinajstić information content (AvgIpc) is 2.72. The van der Waals surface area contributed by atoms with Crippen molar-refractivity contribution in [2.75, 3.05) is 0 Å². The molecule has 90 valence electrons. The van der Waals surface area contributed by atoms with E-state index in [1.54, 1.807) is 6.20 Å². The van der Waals surface area contributed by atoms with Crippen molar-refractivity contribution in [3.05, 3.63) is 50.9 Å². The number of thiazole rings is 1. The van der Waals surface area contributed by atoms with Crippen molar-refractivity contribution in [1.29, 1.82) is 0 Å². The number of hydrogen-bond acceptors (Lipinski definition) is 3. The van der Waals surface area contributed by atoms with Gasteiger partial charge in [0, 0.05) is 12.6 Å². The normalized spacial score (nSPS) is 12.6. The Morgan fingerprint density at radius 3 is 2.94 bits per heavy atom. The molecule has 0 aliphatic carbocycles. The van der Waals surface area contributed by atoms with Gasteiger partial charge in [0.1, 0.15) is 9.34 Å². The Morgan fingerprint density at radius 1 is 1.47 bits per heavy atom. The first kappa shape index (κ1) is 12.6. The Bertz CT molecular complexity index is 496. The molecule has 1 aromatic carbocycles. The largest absolute Gasteiger partial charge is 0.304 e. The van der Waals surface area contributed by atoms with E-state index in [1.807, 2.05) is 0 Å². The van der Waals surface area contributed by atoms with Crippen LogP contribution < -0.4 is 5.32 Å². The molecule has 2 nitrogen and oxygen atoms in total. The lowest BCUT2D eigenvalue weighted by atomic mass is 10.1. The topological polar surface area (TPSA) is 24.9 Å². The molecular formula is C13H15ClN2S. The van der Waals surface area contributed by atoms with E-state index in [1.165, 1.54) is 22.5 Å². The summed E-state index contributed by atoms with van der Waals surface area (Å²) >= 11 is 7.36. The van der Waals surface area contributed by atoms with Gasteiger partial charge in [-0.2, -0.15) is 0 Å². The van der Waals surface area contributed by atoms with Crippen molar-refractivity contribution in [3.8, 4) is 0 Å². The fourth-order valence-corrected chi connectivity index (χ4v) is 2.57. The number of halogens is 1. The van der Waals surface area contributed by atoms with E-state index in [4.69, 9.17) is 11.6 Å². The molecule has 0 bridgehead atoms. The van der Waals surface area contributed by atoms with E-state index >= 15 is 0 Å². The van der Waals surface area contributed by atoms with E-state index in [2.05, 4.69) is 48.4 Å². The minimum absolute atomic E-state index is 0.317. The standard InChI is InChI=1S/C13H15ClN2S/c1-9-4-3-5-11(6-9)10(2)15-8-13-16-7-12(14)17-13/h3-7,10,15H,8H2,1-2H3/t10-/m0/s1. The van der Waals surface area contributed by atoms with E-state index in [-0.39, 0.29) is 0 Å². The third kappa shape index (κ3) is 3.53. The number of benzene rings is 1. The highest BCUT2D eigenvalue weighted by Crippen LogP contribution is 2.19. The molecule has 4 heteroatoms. The summed E-state index contributed by atoms with van der Waals surface area (Å²) in [5.41, 5.74) is 2.58. The lowest BCUT2D eigenvalue weighted by molar-refractivity contribution is 0.573. The van der Waals surface area contributed by atoms with Crippen LogP contribution in [-0.4, -0.2) is 4.98 Å². The molecule has 0 radical (unpaired) electrons. The number of nitrogens with one attached hydrogen (secondary N) is 1. The quantitative estimate of drug-likeness (QED) is 0.906. The average molecular weight is 267 g/mol. The molecule has 0 aliphatic rings. The number of rotatable bonds is 4. The van der Waals surface area contributed by atoms with Crippen molar-refractivity contribution in [2.45, 2.75) is 26.4 Å². The second kappa shape index (κ2) is 5.63. The van der Waals surface area contributed by atoms with Gasteiger partial charge < -0.3 is 5.32 Å². The van der Waals surface area contributed by atoms with E-state index < -0.39 is 0 Å². The predicted molar refractivity (Wildman–Crippen MR) is 73.6 cm³/mol. The minimum Gasteiger partial charge on any atom is -0.304 e. The Morgan fingerprint density at radius 2 is 2.29 bits per heavy atom. The molecule has 0 amide bonds. The summed E-state index contributed by atoms with van der Waals surface area (Å²) < 4.78 is 0.741. The maximum Gasteiger partial charge on any atom is 0.113 e. The molecule has 0 fully saturated rings. The van der Waals surface area contributed by atoms with Gasteiger partial charge in [0.2, 0.25) is 0 Å². The highest BCUT2D eigenvalue weighted by molar-refractivity contribution is 7.15. The van der Waals surface area contributed by atoms with Gasteiger partial charge in [-0.15, -0.1) is 11.3 Å². The molecule has 0 saturated heterocycles. The predicted octanol–water partition coefficient (Wildman–Crippen LogP) is 3.96. The van der Waals surface area contributed by atoms with Crippen LogP contribution in [0.4, 0.5) is 0 Å². The van der Waals surface area contributed by atoms with Crippen LogP contribution in [0.5, 0.6) is 0 Å². The van der Waals surface area contributed by atoms with Crippen molar-refractivity contribution >= 4 is 22.9 Å². The van der Waals surface area contributed by atoms with Crippen molar-refractivity contribution in [1.82, 2.24) is 10.3 Å². The Kier molecular flexibility index (Phi) is 4.15. The molecule has 1 aromatic heterocycles. The first-order chi connectivity index (χ1) is 8.15. The van der Waals surface area contributed by atoms with Crippen LogP contribution in [0.15, 0.2) is 30.5 Å². The van der Waals surface area contributed by atoms with Crippen molar-refractivity contribution in [3.63, 3.8) is 0 Å². The van der Waals surface area contributed by atoms with E-state index in [9.17, 15) is 0 Å². The molecule has 2 aromatic rings. The third-order valence-corrected chi connectivity index (χ3v) is 3.74. The summed E-state index contributed by atoms with van der Waals surface area (Å²) in [6.45, 7) is 5.02. The SMILES string of the molecule is Cc1cccc([C@H](C)NCc2ncc(Cl)s2)c1. The lowest BCUT2D eigenvalue weighted by Gasteiger charge is -2.13. The molecule has 1 heterocycles. The summed E-state index contributed by atoms with van der Waals surface area (Å²) in [5, 5.41) is 4.47. The Balaban J connectivity index is 1.95. The molecule has 2 rings (SSSR count). The van der Waals surface area contributed by atoms with Crippen LogP contribution in [0.3, 0.4) is 0 Å². The Labute approximate surface area is 111 Å². The van der Waals surface area contributed by atoms with Gasteiger partial charge in [0.25, 0.3) is 0 Å². The number of aromatic nitrogens is 1. The molecule has 0 saturated carbocycles. The summed E-state index contributed by atoms with van der Waals surface area (Å²) in [4.78, 5) is 4.22. The van der Waals surface area contributed by atoms with Crippen LogP contribution in [-0.2, 0) is 6.54 Å². The third-order valence-electron chi connectivity index (χ3n) is 2.63. The zero-order valence-electron chi connectivity index (χ0n) is 9.90. The van der Waals surface area contributed by atoms with Gasteiger partial charge in [0.15, 0.2) is 0 Å². The van der Waals surface area contributed by atoms with Crippen molar-refractivity contribution in [2.24, 2.45) is 0 Å². The molecular weight excluding hydrogens is 252 g/mol. The second-order valence-corrected chi connectivity index (χ2v) is 5.82. The van der Waals surface area contributed by atoms with Gasteiger partial charge >= 0.3 is 0 Å². The van der Waals surface area contributed by atoms with Crippen LogP contribution in [0.25, 0.3) is 0 Å². The number of hydrogen-bond donors (Lipinski definition) is 1. The van der Waals surface area contributed by atoms with Gasteiger partial charge in [-0.05, 0) is 19.4 Å². The van der Waals surface area contributed by atoms with Crippen LogP contribution in [0.1, 0.15) is 29.1 Å². The van der Waals surface area contributed by atoms with Gasteiger partial charge in [-0.3, -0.25) is 0 Å². The van der Waals surface area contributed by atoms with Gasteiger partial charge in [-0.25, -0.2) is 4.98 Å². The summed E-state index contributed by atoms with van der Waals surface area (Å²) in [5.74, 6) is 0. The van der Waals surface area contributed by atoms with Crippen LogP contribution >= 0.6 is 22.9 Å². The first-order valence-corrected chi connectivity index (χ1v) is 6.75. The maximum atomic E-state index is 5.84. The zero-order chi connectivity index (χ0) is 12.3. The fourth-order valence-electron chi connectivity index (χ4n) is 1.67. The van der Waals surface area contributed by atoms with Crippen molar-refractivity contribution < 1.29 is 0 Å². The monoisotopic (exact) mass is 266 g/mol. The van der Waals surface area contributed by atoms with Crippen LogP contribution in [0.2, 0.25) is 4.34 Å². The summed E-state index contributed by atoms with van der Waals surface area (Å²) in [7, 11) is 0. The zero-order valence-corrected chi connectivity index (χ0v) is 11.5.